The molecule has 0 amide bonds. The number of benzene rings is 1. The summed E-state index contributed by atoms with van der Waals surface area (Å²) < 4.78 is 18.7. The molecule has 1 unspecified atom stereocenters. The smallest absolute Gasteiger partial charge is 0.423 e. The van der Waals surface area contributed by atoms with E-state index in [2.05, 4.69) is 5.32 Å². The zero-order valence-corrected chi connectivity index (χ0v) is 8.69. The van der Waals surface area contributed by atoms with Crippen LogP contribution < -0.4 is 10.8 Å². The molecule has 0 bridgehead atoms. The quantitative estimate of drug-likeness (QED) is 0.574. The molecule has 0 saturated carbocycles. The van der Waals surface area contributed by atoms with Crippen molar-refractivity contribution < 1.29 is 19.2 Å². The van der Waals surface area contributed by atoms with Gasteiger partial charge in [-0.15, -0.1) is 0 Å². The van der Waals surface area contributed by atoms with Crippen LogP contribution in [-0.4, -0.2) is 36.9 Å². The summed E-state index contributed by atoms with van der Waals surface area (Å²) in [4.78, 5) is 0. The molecular formula is C10H13BFNO3. The predicted octanol–water partition coefficient (Wildman–Crippen LogP) is -0.834. The fraction of sp³-hybridized carbons (Fsp3) is 0.400. The molecule has 1 atom stereocenters. The fourth-order valence-electron chi connectivity index (χ4n) is 1.75. The van der Waals surface area contributed by atoms with Crippen LogP contribution >= 0.6 is 0 Å². The number of hydrogen-bond acceptors (Lipinski definition) is 4. The summed E-state index contributed by atoms with van der Waals surface area (Å²) in [6.45, 7) is 1.95. The zero-order chi connectivity index (χ0) is 11.5. The highest BCUT2D eigenvalue weighted by atomic mass is 19.1. The lowest BCUT2D eigenvalue weighted by Gasteiger charge is -2.24. The summed E-state index contributed by atoms with van der Waals surface area (Å²) >= 11 is 0. The maximum atomic E-state index is 13.2. The first kappa shape index (κ1) is 11.5. The first-order valence-corrected chi connectivity index (χ1v) is 5.15. The molecule has 6 heteroatoms. The molecular weight excluding hydrogens is 212 g/mol. The zero-order valence-electron chi connectivity index (χ0n) is 8.69. The number of nitrogens with one attached hydrogen (secondary N) is 1. The third kappa shape index (κ3) is 2.59. The molecule has 2 rings (SSSR count). The van der Waals surface area contributed by atoms with Gasteiger partial charge >= 0.3 is 7.12 Å². The molecule has 3 N–H and O–H groups in total. The Labute approximate surface area is 93.2 Å². The van der Waals surface area contributed by atoms with E-state index in [1.54, 1.807) is 6.07 Å². The van der Waals surface area contributed by atoms with Gasteiger partial charge in [-0.1, -0.05) is 6.07 Å². The van der Waals surface area contributed by atoms with Crippen molar-refractivity contribution in [2.45, 2.75) is 6.10 Å². The second-order valence-corrected chi connectivity index (χ2v) is 3.76. The Bertz CT molecular complexity index is 369. The van der Waals surface area contributed by atoms with Crippen LogP contribution in [0.1, 0.15) is 11.7 Å². The van der Waals surface area contributed by atoms with Crippen molar-refractivity contribution in [1.82, 2.24) is 5.32 Å². The van der Waals surface area contributed by atoms with Crippen LogP contribution in [0.25, 0.3) is 0 Å². The number of ether oxygens (including phenoxy) is 1. The van der Waals surface area contributed by atoms with E-state index >= 15 is 0 Å². The van der Waals surface area contributed by atoms with Gasteiger partial charge in [-0.05, 0) is 23.2 Å². The summed E-state index contributed by atoms with van der Waals surface area (Å²) in [6, 6.07) is 4.00. The van der Waals surface area contributed by atoms with Crippen LogP contribution in [0.15, 0.2) is 18.2 Å². The van der Waals surface area contributed by atoms with Crippen molar-refractivity contribution >= 4 is 12.6 Å². The van der Waals surface area contributed by atoms with E-state index in [9.17, 15) is 4.39 Å². The lowest BCUT2D eigenvalue weighted by molar-refractivity contribution is 0.0275. The molecule has 16 heavy (non-hydrogen) atoms. The first-order valence-electron chi connectivity index (χ1n) is 5.15. The van der Waals surface area contributed by atoms with Crippen LogP contribution in [0.3, 0.4) is 0 Å². The molecule has 0 aromatic heterocycles. The van der Waals surface area contributed by atoms with Crippen molar-refractivity contribution in [3.05, 3.63) is 29.6 Å². The molecule has 4 nitrogen and oxygen atoms in total. The van der Waals surface area contributed by atoms with Crippen molar-refractivity contribution in [1.29, 1.82) is 0 Å². The Morgan fingerprint density at radius 1 is 1.38 bits per heavy atom. The van der Waals surface area contributed by atoms with Gasteiger partial charge in [0, 0.05) is 13.1 Å². The predicted molar refractivity (Wildman–Crippen MR) is 57.8 cm³/mol. The van der Waals surface area contributed by atoms with Gasteiger partial charge in [0.15, 0.2) is 0 Å². The van der Waals surface area contributed by atoms with E-state index < -0.39 is 12.9 Å². The van der Waals surface area contributed by atoms with Crippen LogP contribution in [0.5, 0.6) is 0 Å². The monoisotopic (exact) mass is 225 g/mol. The molecule has 0 aliphatic carbocycles. The normalized spacial score (nSPS) is 20.8. The second-order valence-electron chi connectivity index (χ2n) is 3.76. The van der Waals surface area contributed by atoms with Crippen LogP contribution in [0.4, 0.5) is 4.39 Å². The number of halogens is 1. The van der Waals surface area contributed by atoms with E-state index in [0.717, 1.165) is 12.6 Å². The van der Waals surface area contributed by atoms with E-state index in [4.69, 9.17) is 14.8 Å². The highest BCUT2D eigenvalue weighted by Gasteiger charge is 2.20. The minimum atomic E-state index is -1.66. The molecule has 1 aromatic carbocycles. The summed E-state index contributed by atoms with van der Waals surface area (Å²) in [5, 5.41) is 21.1. The minimum Gasteiger partial charge on any atom is -0.423 e. The minimum absolute atomic E-state index is 0.143. The Balaban J connectivity index is 2.25. The summed E-state index contributed by atoms with van der Waals surface area (Å²) in [5.74, 6) is -0.491. The molecule has 1 aliphatic heterocycles. The van der Waals surface area contributed by atoms with Gasteiger partial charge in [0.2, 0.25) is 0 Å². The summed E-state index contributed by atoms with van der Waals surface area (Å²) in [7, 11) is -1.66. The van der Waals surface area contributed by atoms with Crippen molar-refractivity contribution in [3.8, 4) is 0 Å². The van der Waals surface area contributed by atoms with E-state index in [1.165, 1.54) is 6.07 Å². The molecule has 1 aromatic rings. The summed E-state index contributed by atoms with van der Waals surface area (Å²) in [5.41, 5.74) is 0.763. The third-order valence-electron chi connectivity index (χ3n) is 2.54. The Morgan fingerprint density at radius 3 is 2.81 bits per heavy atom. The number of morpholine rings is 1. The van der Waals surface area contributed by atoms with Gasteiger partial charge in [0.1, 0.15) is 5.82 Å². The van der Waals surface area contributed by atoms with Gasteiger partial charge < -0.3 is 20.1 Å². The van der Waals surface area contributed by atoms with Gasteiger partial charge in [-0.2, -0.15) is 0 Å². The topological polar surface area (TPSA) is 61.7 Å². The average Bonchev–Trinajstić information content (AvgIpc) is 2.29. The van der Waals surface area contributed by atoms with Crippen molar-refractivity contribution in [2.75, 3.05) is 19.7 Å². The maximum Gasteiger partial charge on any atom is 0.488 e. The van der Waals surface area contributed by atoms with Gasteiger partial charge in [0.05, 0.1) is 12.7 Å². The molecule has 0 radical (unpaired) electrons. The van der Waals surface area contributed by atoms with Gasteiger partial charge in [-0.25, -0.2) is 4.39 Å². The van der Waals surface area contributed by atoms with E-state index in [0.29, 0.717) is 18.7 Å². The van der Waals surface area contributed by atoms with Gasteiger partial charge in [-0.3, -0.25) is 0 Å². The number of rotatable bonds is 2. The molecule has 1 saturated heterocycles. The van der Waals surface area contributed by atoms with Gasteiger partial charge in [0.25, 0.3) is 0 Å². The Kier molecular flexibility index (Phi) is 3.55. The molecule has 1 aliphatic rings. The van der Waals surface area contributed by atoms with Crippen LogP contribution in [-0.2, 0) is 4.74 Å². The summed E-state index contributed by atoms with van der Waals surface area (Å²) in [6.07, 6.45) is -0.234. The fourth-order valence-corrected chi connectivity index (χ4v) is 1.75. The van der Waals surface area contributed by atoms with Crippen LogP contribution in [0.2, 0.25) is 0 Å². The Morgan fingerprint density at radius 2 is 2.19 bits per heavy atom. The standard InChI is InChI=1S/C10H13BFNO3/c12-9-4-7(3-8(5-9)11(14)15)10-6-13-1-2-16-10/h3-5,10,13-15H,1-2,6H2. The molecule has 86 valence electrons. The lowest BCUT2D eigenvalue weighted by atomic mass is 9.79. The van der Waals surface area contributed by atoms with E-state index in [1.807, 2.05) is 0 Å². The van der Waals surface area contributed by atoms with Crippen LogP contribution in [0, 0.1) is 5.82 Å². The first-order chi connectivity index (χ1) is 7.66. The third-order valence-corrected chi connectivity index (χ3v) is 2.54. The van der Waals surface area contributed by atoms with Crippen molar-refractivity contribution in [3.63, 3.8) is 0 Å². The van der Waals surface area contributed by atoms with Crippen molar-refractivity contribution in [2.24, 2.45) is 0 Å². The van der Waals surface area contributed by atoms with E-state index in [-0.39, 0.29) is 11.6 Å². The molecule has 1 heterocycles. The Hall–Kier alpha value is -0.945. The SMILES string of the molecule is OB(O)c1cc(F)cc(C2CNCCO2)c1. The highest BCUT2D eigenvalue weighted by Crippen LogP contribution is 2.18. The number of hydrogen-bond donors (Lipinski definition) is 3. The lowest BCUT2D eigenvalue weighted by Crippen LogP contribution is -2.35. The second kappa shape index (κ2) is 4.92. The highest BCUT2D eigenvalue weighted by molar-refractivity contribution is 6.58. The molecule has 0 spiro atoms. The molecule has 1 fully saturated rings. The average molecular weight is 225 g/mol. The largest absolute Gasteiger partial charge is 0.488 e. The maximum absolute atomic E-state index is 13.2.